The highest BCUT2D eigenvalue weighted by molar-refractivity contribution is 7.11. The van der Waals surface area contributed by atoms with Crippen LogP contribution in [-0.4, -0.2) is 49.1 Å². The van der Waals surface area contributed by atoms with Crippen LogP contribution in [0.5, 0.6) is 0 Å². The number of likely N-dealkylation sites (tertiary alicyclic amines) is 1. The maximum atomic E-state index is 4.46. The summed E-state index contributed by atoms with van der Waals surface area (Å²) in [5.74, 6) is 1.76. The van der Waals surface area contributed by atoms with Gasteiger partial charge in [0, 0.05) is 25.0 Å². The molecule has 0 amide bonds. The van der Waals surface area contributed by atoms with Gasteiger partial charge < -0.3 is 15.5 Å². The third kappa shape index (κ3) is 5.25. The largest absolute Gasteiger partial charge is 0.355 e. The average Bonchev–Trinajstić information content (AvgIpc) is 2.82. The van der Waals surface area contributed by atoms with E-state index < -0.39 is 0 Å². The molecule has 0 radical (unpaired) electrons. The van der Waals surface area contributed by atoms with Gasteiger partial charge in [-0.2, -0.15) is 0 Å². The van der Waals surface area contributed by atoms with Crippen LogP contribution < -0.4 is 10.6 Å². The molecule has 1 saturated heterocycles. The van der Waals surface area contributed by atoms with Crippen molar-refractivity contribution in [2.75, 3.05) is 33.2 Å². The lowest BCUT2D eigenvalue weighted by Crippen LogP contribution is -2.43. The SMILES string of the molecule is CN=C(NCCN1CCC(C)CC1)NCc1sc(C)nc1C. The van der Waals surface area contributed by atoms with Crippen molar-refractivity contribution in [3.8, 4) is 0 Å². The summed E-state index contributed by atoms with van der Waals surface area (Å²) < 4.78 is 0. The van der Waals surface area contributed by atoms with Crippen LogP contribution in [0.25, 0.3) is 0 Å². The van der Waals surface area contributed by atoms with Crippen LogP contribution in [0, 0.1) is 19.8 Å². The zero-order valence-electron chi connectivity index (χ0n) is 14.3. The Bertz CT molecular complexity index is 489. The van der Waals surface area contributed by atoms with Crippen molar-refractivity contribution in [1.29, 1.82) is 0 Å². The van der Waals surface area contributed by atoms with Gasteiger partial charge in [0.25, 0.3) is 0 Å². The first kappa shape index (κ1) is 17.2. The second-order valence-corrected chi connectivity index (χ2v) is 7.41. The zero-order chi connectivity index (χ0) is 15.9. The van der Waals surface area contributed by atoms with E-state index in [0.29, 0.717) is 0 Å². The molecule has 2 heterocycles. The van der Waals surface area contributed by atoms with Crippen LogP contribution in [-0.2, 0) is 6.54 Å². The van der Waals surface area contributed by atoms with E-state index in [2.05, 4.69) is 39.4 Å². The molecule has 1 fully saturated rings. The smallest absolute Gasteiger partial charge is 0.191 e. The van der Waals surface area contributed by atoms with Gasteiger partial charge in [-0.05, 0) is 45.7 Å². The Kier molecular flexibility index (Phi) is 6.64. The van der Waals surface area contributed by atoms with Crippen LogP contribution in [0.1, 0.15) is 35.3 Å². The number of hydrogen-bond acceptors (Lipinski definition) is 4. The lowest BCUT2D eigenvalue weighted by atomic mass is 9.99. The standard InChI is InChI=1S/C16H29N5S/c1-12-5-8-21(9-6-12)10-7-18-16(17-4)19-11-15-13(2)20-14(3)22-15/h12H,5-11H2,1-4H3,(H2,17,18,19). The first-order valence-corrected chi connectivity index (χ1v) is 9.00. The summed E-state index contributed by atoms with van der Waals surface area (Å²) in [7, 11) is 1.82. The minimum absolute atomic E-state index is 0.790. The van der Waals surface area contributed by atoms with Gasteiger partial charge in [0.2, 0.25) is 0 Å². The van der Waals surface area contributed by atoms with Gasteiger partial charge >= 0.3 is 0 Å². The number of nitrogens with one attached hydrogen (secondary N) is 2. The van der Waals surface area contributed by atoms with Crippen molar-refractivity contribution in [3.63, 3.8) is 0 Å². The summed E-state index contributed by atoms with van der Waals surface area (Å²) in [6.45, 7) is 11.7. The first-order chi connectivity index (χ1) is 10.6. The van der Waals surface area contributed by atoms with Crippen molar-refractivity contribution in [2.45, 2.75) is 40.2 Å². The Labute approximate surface area is 138 Å². The van der Waals surface area contributed by atoms with Crippen LogP contribution in [0.4, 0.5) is 0 Å². The maximum Gasteiger partial charge on any atom is 0.191 e. The zero-order valence-corrected chi connectivity index (χ0v) is 15.1. The van der Waals surface area contributed by atoms with E-state index in [0.717, 1.165) is 42.2 Å². The molecule has 0 saturated carbocycles. The number of aromatic nitrogens is 1. The molecule has 1 aliphatic heterocycles. The molecule has 6 heteroatoms. The lowest BCUT2D eigenvalue weighted by Gasteiger charge is -2.30. The molecule has 0 bridgehead atoms. The van der Waals surface area contributed by atoms with Gasteiger partial charge in [-0.25, -0.2) is 4.98 Å². The van der Waals surface area contributed by atoms with Gasteiger partial charge in [-0.15, -0.1) is 11.3 Å². The average molecular weight is 324 g/mol. The summed E-state index contributed by atoms with van der Waals surface area (Å²) in [4.78, 5) is 12.6. The van der Waals surface area contributed by atoms with Gasteiger partial charge in [0.05, 0.1) is 17.2 Å². The van der Waals surface area contributed by atoms with Crippen LogP contribution in [0.15, 0.2) is 4.99 Å². The number of nitrogens with zero attached hydrogens (tertiary/aromatic N) is 3. The van der Waals surface area contributed by atoms with Crippen molar-refractivity contribution in [2.24, 2.45) is 10.9 Å². The monoisotopic (exact) mass is 323 g/mol. The second-order valence-electron chi connectivity index (χ2n) is 6.12. The normalized spacial score (nSPS) is 17.7. The van der Waals surface area contributed by atoms with Gasteiger partial charge in [-0.1, -0.05) is 6.92 Å². The molecular formula is C16H29N5S. The van der Waals surface area contributed by atoms with Gasteiger partial charge in [-0.3, -0.25) is 4.99 Å². The van der Waals surface area contributed by atoms with E-state index in [4.69, 9.17) is 0 Å². The summed E-state index contributed by atoms with van der Waals surface area (Å²) in [6.07, 6.45) is 2.66. The first-order valence-electron chi connectivity index (χ1n) is 8.18. The third-order valence-corrected chi connectivity index (χ3v) is 5.31. The number of aryl methyl sites for hydroxylation is 2. The van der Waals surface area contributed by atoms with Gasteiger partial charge in [0.15, 0.2) is 5.96 Å². The van der Waals surface area contributed by atoms with Crippen molar-refractivity contribution in [3.05, 3.63) is 15.6 Å². The predicted molar refractivity (Wildman–Crippen MR) is 94.6 cm³/mol. The highest BCUT2D eigenvalue weighted by Gasteiger charge is 2.15. The van der Waals surface area contributed by atoms with Crippen molar-refractivity contribution >= 4 is 17.3 Å². The van der Waals surface area contributed by atoms with E-state index in [1.165, 1.54) is 30.8 Å². The molecular weight excluding hydrogens is 294 g/mol. The molecule has 1 aromatic heterocycles. The Morgan fingerprint density at radius 1 is 1.32 bits per heavy atom. The Balaban J connectivity index is 1.68. The van der Waals surface area contributed by atoms with Gasteiger partial charge in [0.1, 0.15) is 0 Å². The number of hydrogen-bond donors (Lipinski definition) is 2. The minimum atomic E-state index is 0.790. The molecule has 0 atom stereocenters. The summed E-state index contributed by atoms with van der Waals surface area (Å²) in [5, 5.41) is 7.90. The molecule has 0 aromatic carbocycles. The fraction of sp³-hybridized carbons (Fsp3) is 0.750. The number of aliphatic imine (C=N–C) groups is 1. The quantitative estimate of drug-likeness (QED) is 0.644. The number of piperidine rings is 1. The molecule has 22 heavy (non-hydrogen) atoms. The Morgan fingerprint density at radius 3 is 2.64 bits per heavy atom. The topological polar surface area (TPSA) is 52.6 Å². The molecule has 0 unspecified atom stereocenters. The molecule has 1 aromatic rings. The highest BCUT2D eigenvalue weighted by Crippen LogP contribution is 2.16. The maximum absolute atomic E-state index is 4.46. The summed E-state index contributed by atoms with van der Waals surface area (Å²) in [6, 6.07) is 0. The molecule has 2 rings (SSSR count). The second kappa shape index (κ2) is 8.48. The lowest BCUT2D eigenvalue weighted by molar-refractivity contribution is 0.195. The van der Waals surface area contributed by atoms with Crippen LogP contribution in [0.3, 0.4) is 0 Å². The van der Waals surface area contributed by atoms with Crippen LogP contribution >= 0.6 is 11.3 Å². The van der Waals surface area contributed by atoms with E-state index in [9.17, 15) is 0 Å². The van der Waals surface area contributed by atoms with Crippen LogP contribution in [0.2, 0.25) is 0 Å². The van der Waals surface area contributed by atoms with E-state index in [1.807, 2.05) is 14.0 Å². The summed E-state index contributed by atoms with van der Waals surface area (Å²) >= 11 is 1.75. The summed E-state index contributed by atoms with van der Waals surface area (Å²) in [5.41, 5.74) is 1.12. The van der Waals surface area contributed by atoms with Crippen molar-refractivity contribution < 1.29 is 0 Å². The fourth-order valence-electron chi connectivity index (χ4n) is 2.74. The Hall–Kier alpha value is -1.14. The highest BCUT2D eigenvalue weighted by atomic mass is 32.1. The van der Waals surface area contributed by atoms with E-state index >= 15 is 0 Å². The van der Waals surface area contributed by atoms with E-state index in [-0.39, 0.29) is 0 Å². The number of rotatable bonds is 5. The molecule has 5 nitrogen and oxygen atoms in total. The van der Waals surface area contributed by atoms with E-state index in [1.54, 1.807) is 11.3 Å². The predicted octanol–water partition coefficient (Wildman–Crippen LogP) is 2.16. The Morgan fingerprint density at radius 2 is 2.05 bits per heavy atom. The molecule has 2 N–H and O–H groups in total. The number of guanidine groups is 1. The fourth-order valence-corrected chi connectivity index (χ4v) is 3.62. The third-order valence-electron chi connectivity index (χ3n) is 4.24. The minimum Gasteiger partial charge on any atom is -0.355 e. The molecule has 0 aliphatic carbocycles. The molecule has 0 spiro atoms. The van der Waals surface area contributed by atoms with Crippen molar-refractivity contribution in [1.82, 2.24) is 20.5 Å². The molecule has 1 aliphatic rings. The number of thiazole rings is 1. The molecule has 124 valence electrons.